The van der Waals surface area contributed by atoms with Gasteiger partial charge < -0.3 is 10.2 Å². The van der Waals surface area contributed by atoms with Crippen LogP contribution in [0.4, 0.5) is 0 Å². The third kappa shape index (κ3) is 1.25. The van der Waals surface area contributed by atoms with E-state index in [1.807, 2.05) is 0 Å². The number of thiocarbonyl (C=S) groups is 1. The minimum atomic E-state index is -0.140. The van der Waals surface area contributed by atoms with E-state index in [9.17, 15) is 0 Å². The summed E-state index contributed by atoms with van der Waals surface area (Å²) in [6.45, 7) is 0. The Balaban J connectivity index is 3.16. The first-order valence-electron chi connectivity index (χ1n) is 2.71. The third-order valence-electron chi connectivity index (χ3n) is 1.14. The number of rotatable bonds is 1. The highest BCUT2D eigenvalue weighted by Crippen LogP contribution is 2.23. The Morgan fingerprint density at radius 1 is 1.20 bits per heavy atom. The normalized spacial score (nSPS) is 9.20. The summed E-state index contributed by atoms with van der Waals surface area (Å²) in [5, 5.41) is 19.2. The number of hydrogen-bond donors (Lipinski definition) is 2. The molecule has 0 unspecified atom stereocenters. The first-order valence-corrected chi connectivity index (χ1v) is 3.18. The maximum Gasteiger partial charge on any atom is 0.158 e. The first kappa shape index (κ1) is 7.02. The number of aromatic hydroxyl groups is 2. The Morgan fingerprint density at radius 2 is 1.90 bits per heavy atom. The van der Waals surface area contributed by atoms with Gasteiger partial charge in [-0.2, -0.15) is 0 Å². The Hall–Kier alpha value is -1.09. The van der Waals surface area contributed by atoms with Crippen LogP contribution >= 0.6 is 12.2 Å². The molecule has 3 heteroatoms. The Labute approximate surface area is 63.7 Å². The van der Waals surface area contributed by atoms with E-state index < -0.39 is 0 Å². The van der Waals surface area contributed by atoms with Gasteiger partial charge in [0.2, 0.25) is 0 Å². The van der Waals surface area contributed by atoms with Gasteiger partial charge in [-0.1, -0.05) is 18.3 Å². The second-order valence-electron chi connectivity index (χ2n) is 1.87. The molecule has 2 nitrogen and oxygen atoms in total. The molecule has 0 saturated carbocycles. The van der Waals surface area contributed by atoms with E-state index in [1.165, 1.54) is 17.5 Å². The van der Waals surface area contributed by atoms with Gasteiger partial charge in [-0.3, -0.25) is 0 Å². The van der Waals surface area contributed by atoms with E-state index in [1.54, 1.807) is 6.07 Å². The number of benzene rings is 1. The van der Waals surface area contributed by atoms with Crippen LogP contribution in [0.5, 0.6) is 11.5 Å². The summed E-state index contributed by atoms with van der Waals surface area (Å²) in [6.07, 6.45) is 0. The minimum Gasteiger partial charge on any atom is -0.504 e. The number of hydrogen-bond acceptors (Lipinski definition) is 3. The Bertz CT molecular complexity index is 258. The van der Waals surface area contributed by atoms with Crippen molar-refractivity contribution in [1.82, 2.24) is 0 Å². The van der Waals surface area contributed by atoms with Crippen molar-refractivity contribution in [2.24, 2.45) is 0 Å². The topological polar surface area (TPSA) is 40.5 Å². The fraction of sp³-hybridized carbons (Fsp3) is 0. The van der Waals surface area contributed by atoms with Gasteiger partial charge in [-0.15, -0.1) is 0 Å². The highest BCUT2D eigenvalue weighted by Gasteiger charge is 1.96. The van der Waals surface area contributed by atoms with Gasteiger partial charge in [0.25, 0.3) is 0 Å². The summed E-state index contributed by atoms with van der Waals surface area (Å²) in [5.41, 5.74) is 0.713. The molecule has 52 valence electrons. The van der Waals surface area contributed by atoms with Gasteiger partial charge in [0, 0.05) is 5.37 Å². The molecule has 0 saturated heterocycles. The SMILES string of the molecule is Oc1ccc(C=S)cc1O. The van der Waals surface area contributed by atoms with Gasteiger partial charge >= 0.3 is 0 Å². The average Bonchev–Trinajstić information content (AvgIpc) is 1.95. The fourth-order valence-electron chi connectivity index (χ4n) is 0.614. The van der Waals surface area contributed by atoms with Crippen LogP contribution in [0.25, 0.3) is 0 Å². The van der Waals surface area contributed by atoms with E-state index in [4.69, 9.17) is 10.2 Å². The molecule has 0 spiro atoms. The van der Waals surface area contributed by atoms with Crippen LogP contribution in [0, 0.1) is 0 Å². The van der Waals surface area contributed by atoms with Crippen LogP contribution in [-0.2, 0) is 0 Å². The first-order chi connectivity index (χ1) is 4.74. The zero-order valence-electron chi connectivity index (χ0n) is 5.11. The molecule has 0 bridgehead atoms. The van der Waals surface area contributed by atoms with E-state index in [2.05, 4.69) is 12.2 Å². The molecule has 0 aromatic heterocycles. The van der Waals surface area contributed by atoms with Crippen molar-refractivity contribution < 1.29 is 10.2 Å². The van der Waals surface area contributed by atoms with E-state index >= 15 is 0 Å². The van der Waals surface area contributed by atoms with Crippen LogP contribution in [-0.4, -0.2) is 15.6 Å². The predicted octanol–water partition coefficient (Wildman–Crippen LogP) is 1.45. The summed E-state index contributed by atoms with van der Waals surface area (Å²) >= 11 is 4.60. The van der Waals surface area contributed by atoms with Crippen LogP contribution < -0.4 is 0 Å². The molecule has 1 aromatic carbocycles. The molecule has 0 aliphatic heterocycles. The summed E-state index contributed by atoms with van der Waals surface area (Å²) in [4.78, 5) is 0. The third-order valence-corrected chi connectivity index (χ3v) is 1.41. The monoisotopic (exact) mass is 154 g/mol. The van der Waals surface area contributed by atoms with Crippen molar-refractivity contribution in [3.63, 3.8) is 0 Å². The summed E-state index contributed by atoms with van der Waals surface area (Å²) < 4.78 is 0. The summed E-state index contributed by atoms with van der Waals surface area (Å²) in [5.74, 6) is -0.265. The van der Waals surface area contributed by atoms with Crippen LogP contribution in [0.15, 0.2) is 18.2 Å². The van der Waals surface area contributed by atoms with Crippen molar-refractivity contribution in [3.8, 4) is 11.5 Å². The quantitative estimate of drug-likeness (QED) is 0.475. The van der Waals surface area contributed by atoms with Crippen molar-refractivity contribution in [3.05, 3.63) is 23.8 Å². The van der Waals surface area contributed by atoms with E-state index in [-0.39, 0.29) is 11.5 Å². The molecule has 0 amide bonds. The molecular formula is C7H6O2S. The molecule has 0 heterocycles. The van der Waals surface area contributed by atoms with Gasteiger partial charge in [0.1, 0.15) is 0 Å². The summed E-state index contributed by atoms with van der Waals surface area (Å²) in [7, 11) is 0. The second-order valence-corrected chi connectivity index (χ2v) is 2.10. The average molecular weight is 154 g/mol. The minimum absolute atomic E-state index is 0.124. The van der Waals surface area contributed by atoms with Gasteiger partial charge in [0.05, 0.1) is 0 Å². The van der Waals surface area contributed by atoms with Crippen LogP contribution in [0.3, 0.4) is 0 Å². The van der Waals surface area contributed by atoms with Gasteiger partial charge in [0.15, 0.2) is 11.5 Å². The number of phenolic OH excluding ortho intramolecular Hbond substituents is 2. The highest BCUT2D eigenvalue weighted by molar-refractivity contribution is 7.79. The Morgan fingerprint density at radius 3 is 2.40 bits per heavy atom. The van der Waals surface area contributed by atoms with Crippen molar-refractivity contribution in [1.29, 1.82) is 0 Å². The van der Waals surface area contributed by atoms with Gasteiger partial charge in [-0.25, -0.2) is 0 Å². The van der Waals surface area contributed by atoms with E-state index in [0.717, 1.165) is 0 Å². The molecule has 2 N–H and O–H groups in total. The van der Waals surface area contributed by atoms with Gasteiger partial charge in [-0.05, 0) is 17.7 Å². The lowest BCUT2D eigenvalue weighted by Gasteiger charge is -1.96. The lowest BCUT2D eigenvalue weighted by molar-refractivity contribution is 0.403. The van der Waals surface area contributed by atoms with E-state index in [0.29, 0.717) is 5.56 Å². The maximum absolute atomic E-state index is 8.91. The standard InChI is InChI=1S/C7H6O2S/c8-6-2-1-5(4-10)3-7(6)9/h1-4,8-9H. The zero-order chi connectivity index (χ0) is 7.56. The molecule has 1 rings (SSSR count). The fourth-order valence-corrected chi connectivity index (χ4v) is 0.760. The van der Waals surface area contributed by atoms with Crippen LogP contribution in [0.1, 0.15) is 5.56 Å². The molecular weight excluding hydrogens is 148 g/mol. The lowest BCUT2D eigenvalue weighted by Crippen LogP contribution is -1.76. The number of phenols is 2. The predicted molar refractivity (Wildman–Crippen MR) is 42.5 cm³/mol. The molecule has 0 aliphatic carbocycles. The zero-order valence-corrected chi connectivity index (χ0v) is 5.93. The largest absolute Gasteiger partial charge is 0.504 e. The molecule has 0 fully saturated rings. The maximum atomic E-state index is 8.91. The van der Waals surface area contributed by atoms with Crippen molar-refractivity contribution >= 4 is 17.6 Å². The molecule has 0 aliphatic rings. The Kier molecular flexibility index (Phi) is 1.87. The molecule has 0 radical (unpaired) electrons. The smallest absolute Gasteiger partial charge is 0.158 e. The highest BCUT2D eigenvalue weighted by atomic mass is 32.1. The second kappa shape index (κ2) is 2.66. The summed E-state index contributed by atoms with van der Waals surface area (Å²) in [6, 6.07) is 4.43. The van der Waals surface area contributed by atoms with Crippen molar-refractivity contribution in [2.75, 3.05) is 0 Å². The molecule has 0 atom stereocenters. The van der Waals surface area contributed by atoms with Crippen LogP contribution in [0.2, 0.25) is 0 Å². The molecule has 10 heavy (non-hydrogen) atoms. The lowest BCUT2D eigenvalue weighted by atomic mass is 10.2. The molecule has 1 aromatic rings. The van der Waals surface area contributed by atoms with Crippen molar-refractivity contribution in [2.45, 2.75) is 0 Å².